The molecule has 0 saturated carbocycles. The van der Waals surface area contributed by atoms with Crippen molar-refractivity contribution in [1.82, 2.24) is 0 Å². The first-order valence-corrected chi connectivity index (χ1v) is 6.21. The maximum atomic E-state index is 11.7. The van der Waals surface area contributed by atoms with Gasteiger partial charge in [-0.2, -0.15) is 0 Å². The quantitative estimate of drug-likeness (QED) is 0.441. The molecule has 1 fully saturated rings. The van der Waals surface area contributed by atoms with E-state index < -0.39 is 7.12 Å². The Labute approximate surface area is 110 Å². The number of methoxy groups -OCH3 is 1. The van der Waals surface area contributed by atoms with Crippen LogP contribution in [0.4, 0.5) is 0 Å². The Balaban J connectivity index is 2.82. The normalized spacial score (nSPS) is 20.7. The highest BCUT2D eigenvalue weighted by Gasteiger charge is 2.51. The smallest absolute Gasteiger partial charge is 0.462 e. The fourth-order valence-electron chi connectivity index (χ4n) is 1.83. The minimum absolute atomic E-state index is 0.315. The molecule has 102 valence electrons. The molecule has 1 saturated heterocycles. The van der Waals surface area contributed by atoms with Crippen LogP contribution in [-0.4, -0.2) is 31.4 Å². The fourth-order valence-corrected chi connectivity index (χ4v) is 1.83. The molecule has 0 N–H and O–H groups in total. The van der Waals surface area contributed by atoms with E-state index in [4.69, 9.17) is 14.0 Å². The molecule has 0 aromatic rings. The molecule has 0 amide bonds. The molecule has 1 heterocycles. The van der Waals surface area contributed by atoms with Gasteiger partial charge >= 0.3 is 13.1 Å². The van der Waals surface area contributed by atoms with Gasteiger partial charge in [-0.3, -0.25) is 0 Å². The van der Waals surface area contributed by atoms with Gasteiger partial charge in [-0.1, -0.05) is 5.57 Å². The Morgan fingerprint density at radius 1 is 1.11 bits per heavy atom. The van der Waals surface area contributed by atoms with Crippen molar-refractivity contribution in [3.63, 3.8) is 0 Å². The van der Waals surface area contributed by atoms with Crippen LogP contribution in [0.2, 0.25) is 6.32 Å². The molecule has 1 aliphatic heterocycles. The average Bonchev–Trinajstić information content (AvgIpc) is 2.42. The summed E-state index contributed by atoms with van der Waals surface area (Å²) in [5.41, 5.74) is 0.800. The second-order valence-electron chi connectivity index (χ2n) is 5.86. The van der Waals surface area contributed by atoms with E-state index in [1.165, 1.54) is 7.11 Å². The second-order valence-corrected chi connectivity index (χ2v) is 5.86. The lowest BCUT2D eigenvalue weighted by Crippen LogP contribution is -2.41. The molecule has 0 atom stereocenters. The van der Waals surface area contributed by atoms with Gasteiger partial charge in [0.15, 0.2) is 0 Å². The van der Waals surface area contributed by atoms with Crippen molar-refractivity contribution in [3.8, 4) is 0 Å². The van der Waals surface area contributed by atoms with Crippen molar-refractivity contribution >= 4 is 13.1 Å². The lowest BCUT2D eigenvalue weighted by atomic mass is 9.79. The lowest BCUT2D eigenvalue weighted by molar-refractivity contribution is -0.136. The molecule has 0 aliphatic carbocycles. The predicted octanol–water partition coefficient (Wildman–Crippen LogP) is 2.59. The second kappa shape index (κ2) is 5.06. The van der Waals surface area contributed by atoms with Gasteiger partial charge in [0.25, 0.3) is 0 Å². The number of hydrogen-bond donors (Lipinski definition) is 0. The van der Waals surface area contributed by atoms with Crippen LogP contribution >= 0.6 is 0 Å². The van der Waals surface area contributed by atoms with Crippen molar-refractivity contribution < 1.29 is 18.8 Å². The SMILES string of the molecule is COC(=O)C(CB1OC(C)(C)C(C)(C)O1)=C(C)C. The minimum atomic E-state index is -0.404. The van der Waals surface area contributed by atoms with Gasteiger partial charge in [-0.15, -0.1) is 0 Å². The summed E-state index contributed by atoms with van der Waals surface area (Å²) in [6.45, 7) is 11.7. The summed E-state index contributed by atoms with van der Waals surface area (Å²) < 4.78 is 16.5. The van der Waals surface area contributed by atoms with Crippen molar-refractivity contribution in [2.45, 2.75) is 59.1 Å². The number of allylic oxidation sites excluding steroid dienone is 1. The van der Waals surface area contributed by atoms with Crippen molar-refractivity contribution in [3.05, 3.63) is 11.1 Å². The molecule has 0 bridgehead atoms. The number of rotatable bonds is 3. The zero-order valence-corrected chi connectivity index (χ0v) is 12.4. The summed E-state index contributed by atoms with van der Waals surface area (Å²) in [5.74, 6) is -0.315. The average molecular weight is 254 g/mol. The van der Waals surface area contributed by atoms with Gasteiger partial charge in [0, 0.05) is 11.9 Å². The monoisotopic (exact) mass is 254 g/mol. The molecule has 0 unspecified atom stereocenters. The number of carbonyl (C=O) groups is 1. The molecule has 0 aromatic carbocycles. The first-order chi connectivity index (χ1) is 8.10. The van der Waals surface area contributed by atoms with Crippen LogP contribution in [0, 0.1) is 0 Å². The van der Waals surface area contributed by atoms with E-state index in [2.05, 4.69) is 0 Å². The molecule has 0 spiro atoms. The summed E-state index contributed by atoms with van der Waals surface area (Å²) >= 11 is 0. The van der Waals surface area contributed by atoms with Gasteiger partial charge < -0.3 is 14.0 Å². The Hall–Kier alpha value is -0.805. The van der Waals surface area contributed by atoms with Crippen LogP contribution in [0.15, 0.2) is 11.1 Å². The Bertz CT molecular complexity index is 351. The molecular weight excluding hydrogens is 231 g/mol. The zero-order valence-electron chi connectivity index (χ0n) is 12.4. The van der Waals surface area contributed by atoms with E-state index in [1.54, 1.807) is 0 Å². The molecule has 1 aliphatic rings. The highest BCUT2D eigenvalue weighted by Crippen LogP contribution is 2.38. The van der Waals surface area contributed by atoms with E-state index >= 15 is 0 Å². The highest BCUT2D eigenvalue weighted by molar-refractivity contribution is 6.47. The van der Waals surface area contributed by atoms with Crippen molar-refractivity contribution in [1.29, 1.82) is 0 Å². The van der Waals surface area contributed by atoms with Gasteiger partial charge in [-0.25, -0.2) is 4.79 Å². The predicted molar refractivity (Wildman–Crippen MR) is 71.3 cm³/mol. The van der Waals surface area contributed by atoms with Crippen molar-refractivity contribution in [2.24, 2.45) is 0 Å². The van der Waals surface area contributed by atoms with Crippen LogP contribution in [0.25, 0.3) is 0 Å². The minimum Gasteiger partial charge on any atom is -0.466 e. The summed E-state index contributed by atoms with van der Waals surface area (Å²) in [6.07, 6.45) is 0.419. The van der Waals surface area contributed by atoms with E-state index in [0.717, 1.165) is 5.57 Å². The standard InChI is InChI=1S/C13H23BO4/c1-9(2)10(11(15)16-7)8-14-17-12(3,4)13(5,6)18-14/h8H2,1-7H3. The van der Waals surface area contributed by atoms with E-state index in [-0.39, 0.29) is 17.2 Å². The van der Waals surface area contributed by atoms with Crippen LogP contribution in [0.3, 0.4) is 0 Å². The third-order valence-electron chi connectivity index (χ3n) is 3.71. The summed E-state index contributed by atoms with van der Waals surface area (Å²) in [4.78, 5) is 11.7. The summed E-state index contributed by atoms with van der Waals surface area (Å²) in [7, 11) is 0.981. The summed E-state index contributed by atoms with van der Waals surface area (Å²) in [5, 5.41) is 0. The fraction of sp³-hybridized carbons (Fsp3) is 0.769. The van der Waals surface area contributed by atoms with Crippen LogP contribution in [0.1, 0.15) is 41.5 Å². The van der Waals surface area contributed by atoms with Gasteiger partial charge in [0.2, 0.25) is 0 Å². The lowest BCUT2D eigenvalue weighted by Gasteiger charge is -2.32. The Morgan fingerprint density at radius 2 is 1.56 bits per heavy atom. The molecule has 0 radical (unpaired) electrons. The number of esters is 1. The first kappa shape index (κ1) is 15.3. The largest absolute Gasteiger partial charge is 0.466 e. The topological polar surface area (TPSA) is 44.8 Å². The third kappa shape index (κ3) is 2.95. The Kier molecular flexibility index (Phi) is 4.28. The molecular formula is C13H23BO4. The van der Waals surface area contributed by atoms with Crippen LogP contribution in [-0.2, 0) is 18.8 Å². The van der Waals surface area contributed by atoms with Gasteiger partial charge in [0.05, 0.1) is 18.3 Å². The maximum Gasteiger partial charge on any atom is 0.462 e. The number of hydrogen-bond acceptors (Lipinski definition) is 4. The van der Waals surface area contributed by atoms with Crippen molar-refractivity contribution in [2.75, 3.05) is 7.11 Å². The summed E-state index contributed by atoms with van der Waals surface area (Å²) in [6, 6.07) is 0. The maximum absolute atomic E-state index is 11.7. The number of carbonyl (C=O) groups excluding carboxylic acids is 1. The molecule has 18 heavy (non-hydrogen) atoms. The van der Waals surface area contributed by atoms with E-state index in [0.29, 0.717) is 11.9 Å². The number of ether oxygens (including phenoxy) is 1. The molecule has 5 heteroatoms. The van der Waals surface area contributed by atoms with Crippen LogP contribution < -0.4 is 0 Å². The van der Waals surface area contributed by atoms with Gasteiger partial charge in [-0.05, 0) is 41.5 Å². The van der Waals surface area contributed by atoms with Crippen LogP contribution in [0.5, 0.6) is 0 Å². The Morgan fingerprint density at radius 3 is 1.89 bits per heavy atom. The molecule has 4 nitrogen and oxygen atoms in total. The van der Waals surface area contributed by atoms with E-state index in [1.807, 2.05) is 41.5 Å². The molecule has 1 rings (SSSR count). The molecule has 0 aromatic heterocycles. The van der Waals surface area contributed by atoms with Gasteiger partial charge in [0.1, 0.15) is 0 Å². The van der Waals surface area contributed by atoms with E-state index in [9.17, 15) is 4.79 Å². The zero-order chi connectivity index (χ0) is 14.1. The third-order valence-corrected chi connectivity index (χ3v) is 3.71. The first-order valence-electron chi connectivity index (χ1n) is 6.21. The highest BCUT2D eigenvalue weighted by atomic mass is 16.7.